The standard InChI is InChI=1S/C27H27N3O3/c1-4-29(17-19-13-15-20(16-14-19)27(33)28(2)3)25(31)18-30-23-11-7-5-9-21(23)26(32)22-10-6-8-12-24(22)30/h5-16H,4,17-18H2,1-3H3. The molecule has 168 valence electrons. The first-order chi connectivity index (χ1) is 15.9. The van der Waals surface area contributed by atoms with E-state index in [9.17, 15) is 14.4 Å². The minimum absolute atomic E-state index is 0.0235. The van der Waals surface area contributed by atoms with Crippen molar-refractivity contribution in [3.05, 3.63) is 94.1 Å². The second-order valence-electron chi connectivity index (χ2n) is 8.25. The van der Waals surface area contributed by atoms with Crippen LogP contribution in [0.5, 0.6) is 0 Å². The molecule has 0 aliphatic carbocycles. The molecule has 0 aliphatic heterocycles. The van der Waals surface area contributed by atoms with E-state index in [4.69, 9.17) is 0 Å². The number of carbonyl (C=O) groups is 2. The predicted octanol–water partition coefficient (Wildman–Crippen LogP) is 3.91. The SMILES string of the molecule is CCN(Cc1ccc(C(=O)N(C)C)cc1)C(=O)Cn1c2ccccc2c(=O)c2ccccc21. The van der Waals surface area contributed by atoms with Gasteiger partial charge in [0.25, 0.3) is 5.91 Å². The fraction of sp³-hybridized carbons (Fsp3) is 0.222. The largest absolute Gasteiger partial charge is 0.345 e. The van der Waals surface area contributed by atoms with Crippen molar-refractivity contribution in [2.75, 3.05) is 20.6 Å². The van der Waals surface area contributed by atoms with E-state index in [1.165, 1.54) is 4.90 Å². The summed E-state index contributed by atoms with van der Waals surface area (Å²) < 4.78 is 1.93. The topological polar surface area (TPSA) is 62.6 Å². The zero-order valence-electron chi connectivity index (χ0n) is 19.1. The Morgan fingerprint density at radius 3 is 1.88 bits per heavy atom. The molecule has 0 bridgehead atoms. The molecule has 0 saturated carbocycles. The second kappa shape index (κ2) is 9.28. The minimum atomic E-state index is -0.0537. The molecule has 0 N–H and O–H groups in total. The van der Waals surface area contributed by atoms with Gasteiger partial charge in [0.15, 0.2) is 5.43 Å². The maximum absolute atomic E-state index is 13.4. The Morgan fingerprint density at radius 2 is 1.36 bits per heavy atom. The first kappa shape index (κ1) is 22.3. The van der Waals surface area contributed by atoms with Gasteiger partial charge in [0.1, 0.15) is 6.54 Å². The fourth-order valence-electron chi connectivity index (χ4n) is 4.09. The number of para-hydroxylation sites is 2. The molecular formula is C27H27N3O3. The highest BCUT2D eigenvalue weighted by Crippen LogP contribution is 2.20. The number of aromatic nitrogens is 1. The molecule has 0 atom stereocenters. The summed E-state index contributed by atoms with van der Waals surface area (Å²) in [7, 11) is 3.44. The van der Waals surface area contributed by atoms with Crippen molar-refractivity contribution < 1.29 is 9.59 Å². The van der Waals surface area contributed by atoms with Gasteiger partial charge in [-0.25, -0.2) is 0 Å². The average molecular weight is 442 g/mol. The van der Waals surface area contributed by atoms with Crippen molar-refractivity contribution >= 4 is 33.6 Å². The van der Waals surface area contributed by atoms with E-state index in [2.05, 4.69) is 0 Å². The van der Waals surface area contributed by atoms with Crippen LogP contribution in [0.3, 0.4) is 0 Å². The maximum atomic E-state index is 13.4. The molecule has 0 fully saturated rings. The quantitative estimate of drug-likeness (QED) is 0.426. The van der Waals surface area contributed by atoms with Gasteiger partial charge < -0.3 is 14.4 Å². The number of fused-ring (bicyclic) bond motifs is 2. The van der Waals surface area contributed by atoms with Crippen molar-refractivity contribution in [1.82, 2.24) is 14.4 Å². The third-order valence-electron chi connectivity index (χ3n) is 5.89. The van der Waals surface area contributed by atoms with Gasteiger partial charge >= 0.3 is 0 Å². The zero-order valence-corrected chi connectivity index (χ0v) is 19.1. The van der Waals surface area contributed by atoms with Crippen LogP contribution in [0.2, 0.25) is 0 Å². The number of nitrogens with zero attached hydrogens (tertiary/aromatic N) is 3. The van der Waals surface area contributed by atoms with Crippen molar-refractivity contribution in [2.45, 2.75) is 20.0 Å². The van der Waals surface area contributed by atoms with Crippen molar-refractivity contribution in [2.24, 2.45) is 0 Å². The molecule has 0 radical (unpaired) electrons. The third-order valence-corrected chi connectivity index (χ3v) is 5.89. The lowest BCUT2D eigenvalue weighted by Crippen LogP contribution is -2.33. The number of amides is 2. The Labute approximate surface area is 192 Å². The molecule has 4 aromatic rings. The number of hydrogen-bond donors (Lipinski definition) is 0. The molecule has 0 spiro atoms. The average Bonchev–Trinajstić information content (AvgIpc) is 2.84. The summed E-state index contributed by atoms with van der Waals surface area (Å²) in [6.07, 6.45) is 0. The molecule has 1 heterocycles. The summed E-state index contributed by atoms with van der Waals surface area (Å²) in [6.45, 7) is 3.07. The Bertz CT molecular complexity index is 1330. The number of pyridine rings is 1. The van der Waals surface area contributed by atoms with E-state index >= 15 is 0 Å². The van der Waals surface area contributed by atoms with E-state index in [0.29, 0.717) is 29.4 Å². The van der Waals surface area contributed by atoms with Gasteiger partial charge in [-0.2, -0.15) is 0 Å². The minimum Gasteiger partial charge on any atom is -0.345 e. The lowest BCUT2D eigenvalue weighted by atomic mass is 10.1. The van der Waals surface area contributed by atoms with E-state index in [-0.39, 0.29) is 23.8 Å². The highest BCUT2D eigenvalue weighted by atomic mass is 16.2. The molecule has 1 aromatic heterocycles. The van der Waals surface area contributed by atoms with Gasteiger partial charge in [0, 0.05) is 43.5 Å². The smallest absolute Gasteiger partial charge is 0.253 e. The number of benzene rings is 3. The van der Waals surface area contributed by atoms with Crippen LogP contribution < -0.4 is 5.43 Å². The molecule has 0 unspecified atom stereocenters. The summed E-state index contributed by atoms with van der Waals surface area (Å²) in [4.78, 5) is 41.7. The van der Waals surface area contributed by atoms with Gasteiger partial charge in [0.2, 0.25) is 5.91 Å². The summed E-state index contributed by atoms with van der Waals surface area (Å²) in [6, 6.07) is 22.2. The Hall–Kier alpha value is -3.93. The summed E-state index contributed by atoms with van der Waals surface area (Å²) in [5, 5.41) is 1.21. The van der Waals surface area contributed by atoms with Crippen LogP contribution in [-0.2, 0) is 17.9 Å². The van der Waals surface area contributed by atoms with E-state index < -0.39 is 0 Å². The van der Waals surface area contributed by atoms with Gasteiger partial charge in [-0.3, -0.25) is 14.4 Å². The normalized spacial score (nSPS) is 11.0. The first-order valence-corrected chi connectivity index (χ1v) is 11.0. The van der Waals surface area contributed by atoms with Gasteiger partial charge in [-0.05, 0) is 48.9 Å². The number of carbonyl (C=O) groups excluding carboxylic acids is 2. The zero-order chi connectivity index (χ0) is 23.5. The highest BCUT2D eigenvalue weighted by Gasteiger charge is 2.17. The van der Waals surface area contributed by atoms with Crippen molar-refractivity contribution in [3.63, 3.8) is 0 Å². The van der Waals surface area contributed by atoms with E-state index in [1.54, 1.807) is 43.3 Å². The van der Waals surface area contributed by atoms with Gasteiger partial charge in [0.05, 0.1) is 11.0 Å². The summed E-state index contributed by atoms with van der Waals surface area (Å²) in [5.41, 5.74) is 3.04. The highest BCUT2D eigenvalue weighted by molar-refractivity contribution is 5.95. The Kier molecular flexibility index (Phi) is 6.27. The van der Waals surface area contributed by atoms with E-state index in [1.807, 2.05) is 60.0 Å². The molecule has 6 heteroatoms. The molecule has 2 amide bonds. The van der Waals surface area contributed by atoms with Crippen LogP contribution in [0.15, 0.2) is 77.6 Å². The Balaban J connectivity index is 1.64. The molecule has 4 rings (SSSR count). The van der Waals surface area contributed by atoms with Crippen LogP contribution in [0.4, 0.5) is 0 Å². The van der Waals surface area contributed by atoms with Crippen LogP contribution >= 0.6 is 0 Å². The molecule has 33 heavy (non-hydrogen) atoms. The fourth-order valence-corrected chi connectivity index (χ4v) is 4.09. The third kappa shape index (κ3) is 4.37. The van der Waals surface area contributed by atoms with Crippen molar-refractivity contribution in [3.8, 4) is 0 Å². The number of rotatable bonds is 6. The lowest BCUT2D eigenvalue weighted by Gasteiger charge is -2.23. The van der Waals surface area contributed by atoms with Crippen LogP contribution in [0.1, 0.15) is 22.8 Å². The second-order valence-corrected chi connectivity index (χ2v) is 8.25. The van der Waals surface area contributed by atoms with Crippen LogP contribution in [0.25, 0.3) is 21.8 Å². The number of likely N-dealkylation sites (N-methyl/N-ethyl adjacent to an activating group) is 1. The van der Waals surface area contributed by atoms with Gasteiger partial charge in [-0.15, -0.1) is 0 Å². The summed E-state index contributed by atoms with van der Waals surface area (Å²) >= 11 is 0. The first-order valence-electron chi connectivity index (χ1n) is 11.0. The van der Waals surface area contributed by atoms with E-state index in [0.717, 1.165) is 16.6 Å². The molecule has 0 aliphatic rings. The maximum Gasteiger partial charge on any atom is 0.253 e. The molecule has 3 aromatic carbocycles. The molecular weight excluding hydrogens is 414 g/mol. The van der Waals surface area contributed by atoms with Crippen molar-refractivity contribution in [1.29, 1.82) is 0 Å². The number of hydrogen-bond acceptors (Lipinski definition) is 3. The Morgan fingerprint density at radius 1 is 0.818 bits per heavy atom. The lowest BCUT2D eigenvalue weighted by molar-refractivity contribution is -0.132. The monoisotopic (exact) mass is 441 g/mol. The van der Waals surface area contributed by atoms with Crippen LogP contribution in [0, 0.1) is 0 Å². The van der Waals surface area contributed by atoms with Crippen LogP contribution in [-0.4, -0.2) is 46.8 Å². The molecule has 6 nitrogen and oxygen atoms in total. The predicted molar refractivity (Wildman–Crippen MR) is 131 cm³/mol. The summed E-state index contributed by atoms with van der Waals surface area (Å²) in [5.74, 6) is -0.0909. The van der Waals surface area contributed by atoms with Gasteiger partial charge in [-0.1, -0.05) is 36.4 Å². The molecule has 0 saturated heterocycles.